The third kappa shape index (κ3) is 3.73. The normalized spacial score (nSPS) is 22.1. The van der Waals surface area contributed by atoms with Crippen LogP contribution in [0.5, 0.6) is 0 Å². The molecule has 0 spiro atoms. The molecule has 0 saturated heterocycles. The van der Waals surface area contributed by atoms with Gasteiger partial charge in [0.1, 0.15) is 0 Å². The minimum absolute atomic E-state index is 0.771. The van der Waals surface area contributed by atoms with Crippen LogP contribution in [0.25, 0.3) is 0 Å². The third-order valence-corrected chi connectivity index (χ3v) is 5.03. The van der Waals surface area contributed by atoms with Crippen LogP contribution in [0, 0.1) is 5.92 Å². The van der Waals surface area contributed by atoms with Crippen LogP contribution in [0.15, 0.2) is 23.8 Å². The van der Waals surface area contributed by atoms with E-state index < -0.39 is 0 Å². The molecule has 0 aromatic heterocycles. The van der Waals surface area contributed by atoms with Crippen molar-refractivity contribution in [1.82, 2.24) is 0 Å². The zero-order valence-corrected chi connectivity index (χ0v) is 11.5. The van der Waals surface area contributed by atoms with Crippen molar-refractivity contribution in [3.05, 3.63) is 23.8 Å². The van der Waals surface area contributed by atoms with E-state index in [1.807, 2.05) is 0 Å². The van der Waals surface area contributed by atoms with Crippen LogP contribution in [-0.4, -0.2) is 0 Å². The molecule has 0 aliphatic heterocycles. The molecule has 1 aliphatic carbocycles. The number of hydrogen-bond donors (Lipinski definition) is 0. The fourth-order valence-electron chi connectivity index (χ4n) is 1.94. The Morgan fingerprint density at radius 2 is 2.00 bits per heavy atom. The molecule has 1 rings (SSSR count). The van der Waals surface area contributed by atoms with Gasteiger partial charge >= 0.3 is 99.8 Å². The van der Waals surface area contributed by atoms with Crippen LogP contribution in [0.4, 0.5) is 0 Å². The number of hydrogen-bond acceptors (Lipinski definition) is 0. The molecule has 0 N–H and O–H groups in total. The molecular formula is C13H21Pt. The molecule has 0 aromatic rings. The maximum atomic E-state index is 2.58. The molecular weight excluding hydrogens is 351 g/mol. The Bertz CT molecular complexity index is 215. The summed E-state index contributed by atoms with van der Waals surface area (Å²) in [5.41, 5.74) is 1.69. The van der Waals surface area contributed by atoms with Crippen LogP contribution in [0.1, 0.15) is 46.0 Å². The van der Waals surface area contributed by atoms with E-state index in [0.29, 0.717) is 0 Å². The Morgan fingerprint density at radius 1 is 1.29 bits per heavy atom. The first-order valence-corrected chi connectivity index (χ1v) is 7.01. The maximum absolute atomic E-state index is 2.58. The van der Waals surface area contributed by atoms with Crippen molar-refractivity contribution >= 4 is 0 Å². The molecule has 14 heavy (non-hydrogen) atoms. The standard InChI is InChI=1S/C13H21.Pt/c1-3-9-12(2)13-10-7-5-4-6-8-11-13;/h4-5,9,11-12H,3,6-8,10H2,1-2H3;. The van der Waals surface area contributed by atoms with Gasteiger partial charge in [-0.3, -0.25) is 0 Å². The van der Waals surface area contributed by atoms with E-state index in [1.165, 1.54) is 32.1 Å². The van der Waals surface area contributed by atoms with Crippen LogP contribution in [-0.2, 0) is 19.8 Å². The third-order valence-electron chi connectivity index (χ3n) is 2.97. The van der Waals surface area contributed by atoms with Crippen LogP contribution < -0.4 is 0 Å². The van der Waals surface area contributed by atoms with Gasteiger partial charge in [-0.05, 0) is 0 Å². The van der Waals surface area contributed by atoms with Crippen molar-refractivity contribution in [2.24, 2.45) is 5.92 Å². The van der Waals surface area contributed by atoms with E-state index in [0.717, 1.165) is 10.2 Å². The molecule has 1 heteroatoms. The van der Waals surface area contributed by atoms with E-state index >= 15 is 0 Å². The molecule has 83 valence electrons. The molecule has 0 fully saturated rings. The molecule has 0 saturated carbocycles. The van der Waals surface area contributed by atoms with Gasteiger partial charge in [0, 0.05) is 0 Å². The summed E-state index contributed by atoms with van der Waals surface area (Å²) in [6.07, 6.45) is 13.4. The van der Waals surface area contributed by atoms with Gasteiger partial charge in [-0.25, -0.2) is 0 Å². The zero-order chi connectivity index (χ0) is 10.4. The SMILES string of the molecule is CC[CH]([Pt])C(C)C1=CCCC=CCC1. The zero-order valence-electron chi connectivity index (χ0n) is 9.24. The van der Waals surface area contributed by atoms with Gasteiger partial charge in [-0.2, -0.15) is 0 Å². The van der Waals surface area contributed by atoms with Gasteiger partial charge in [0.05, 0.1) is 0 Å². The summed E-state index contributed by atoms with van der Waals surface area (Å²) in [7, 11) is 0. The Hall–Kier alpha value is 0.168. The van der Waals surface area contributed by atoms with E-state index in [-0.39, 0.29) is 0 Å². The first-order chi connectivity index (χ1) is 6.75. The fourth-order valence-corrected chi connectivity index (χ4v) is 2.43. The molecule has 2 unspecified atom stereocenters. The number of rotatable bonds is 3. The average Bonchev–Trinajstić information content (AvgIpc) is 2.15. The second kappa shape index (κ2) is 6.62. The Morgan fingerprint density at radius 3 is 2.71 bits per heavy atom. The van der Waals surface area contributed by atoms with Crippen molar-refractivity contribution in [2.75, 3.05) is 0 Å². The topological polar surface area (TPSA) is 0 Å². The minimum atomic E-state index is 0.771. The van der Waals surface area contributed by atoms with E-state index in [4.69, 9.17) is 0 Å². The molecule has 0 nitrogen and oxygen atoms in total. The van der Waals surface area contributed by atoms with E-state index in [9.17, 15) is 0 Å². The summed E-state index contributed by atoms with van der Waals surface area (Å²) in [6, 6.07) is 0. The van der Waals surface area contributed by atoms with Gasteiger partial charge in [0.15, 0.2) is 0 Å². The van der Waals surface area contributed by atoms with Crippen LogP contribution in [0.2, 0.25) is 4.31 Å². The van der Waals surface area contributed by atoms with Crippen molar-refractivity contribution in [2.45, 2.75) is 50.3 Å². The van der Waals surface area contributed by atoms with Crippen molar-refractivity contribution < 1.29 is 19.8 Å². The van der Waals surface area contributed by atoms with Gasteiger partial charge in [0.2, 0.25) is 0 Å². The summed E-state index contributed by atoms with van der Waals surface area (Å²) in [5.74, 6) is 0.771. The molecule has 0 heterocycles. The Balaban J connectivity index is 2.56. The Kier molecular flexibility index (Phi) is 5.78. The predicted octanol–water partition coefficient (Wildman–Crippen LogP) is 4.42. The monoisotopic (exact) mass is 372 g/mol. The van der Waals surface area contributed by atoms with Crippen LogP contribution >= 0.6 is 0 Å². The summed E-state index contributed by atoms with van der Waals surface area (Å²) < 4.78 is 0.810. The van der Waals surface area contributed by atoms with E-state index in [2.05, 4.69) is 51.9 Å². The van der Waals surface area contributed by atoms with E-state index in [1.54, 1.807) is 5.57 Å². The summed E-state index contributed by atoms with van der Waals surface area (Å²) >= 11 is 2.58. The predicted molar refractivity (Wildman–Crippen MR) is 58.9 cm³/mol. The molecule has 0 bridgehead atoms. The molecule has 0 radical (unpaired) electrons. The number of allylic oxidation sites excluding steroid dienone is 4. The van der Waals surface area contributed by atoms with Gasteiger partial charge in [-0.1, -0.05) is 0 Å². The molecule has 0 amide bonds. The average molecular weight is 372 g/mol. The second-order valence-electron chi connectivity index (χ2n) is 4.03. The fraction of sp³-hybridized carbons (Fsp3) is 0.692. The quantitative estimate of drug-likeness (QED) is 0.643. The van der Waals surface area contributed by atoms with Crippen LogP contribution in [0.3, 0.4) is 0 Å². The van der Waals surface area contributed by atoms with Crippen molar-refractivity contribution in [3.8, 4) is 0 Å². The first kappa shape index (κ1) is 12.2. The summed E-state index contributed by atoms with van der Waals surface area (Å²) in [5, 5.41) is 0. The van der Waals surface area contributed by atoms with Gasteiger partial charge in [-0.15, -0.1) is 0 Å². The Labute approximate surface area is 99.8 Å². The molecule has 1 aliphatic rings. The molecule has 0 aromatic carbocycles. The van der Waals surface area contributed by atoms with Gasteiger partial charge in [0.25, 0.3) is 0 Å². The van der Waals surface area contributed by atoms with Gasteiger partial charge < -0.3 is 0 Å². The summed E-state index contributed by atoms with van der Waals surface area (Å²) in [4.78, 5) is 0. The second-order valence-corrected chi connectivity index (χ2v) is 5.72. The van der Waals surface area contributed by atoms with Crippen molar-refractivity contribution in [1.29, 1.82) is 0 Å². The summed E-state index contributed by atoms with van der Waals surface area (Å²) in [6.45, 7) is 4.68. The first-order valence-electron chi connectivity index (χ1n) is 5.70. The molecule has 2 atom stereocenters. The van der Waals surface area contributed by atoms with Crippen molar-refractivity contribution in [3.63, 3.8) is 0 Å².